The van der Waals surface area contributed by atoms with E-state index in [4.69, 9.17) is 4.74 Å². The van der Waals surface area contributed by atoms with E-state index in [0.717, 1.165) is 46.7 Å². The largest absolute Gasteiger partial charge is 0.474 e. The van der Waals surface area contributed by atoms with E-state index >= 15 is 0 Å². The normalized spacial score (nSPS) is 18.7. The number of nitrogens with zero attached hydrogens (tertiary/aromatic N) is 4. The zero-order chi connectivity index (χ0) is 22.1. The molecule has 0 aliphatic heterocycles. The Morgan fingerprint density at radius 1 is 1.03 bits per heavy atom. The molecule has 6 nitrogen and oxygen atoms in total. The smallest absolute Gasteiger partial charge is 0.213 e. The highest BCUT2D eigenvalue weighted by Crippen LogP contribution is 2.29. The summed E-state index contributed by atoms with van der Waals surface area (Å²) in [6.45, 7) is 3.71. The predicted octanol–water partition coefficient (Wildman–Crippen LogP) is 5.82. The zero-order valence-corrected chi connectivity index (χ0v) is 18.3. The molecule has 1 aliphatic rings. The molecule has 0 spiro atoms. The van der Waals surface area contributed by atoms with Crippen LogP contribution < -0.4 is 4.74 Å². The first-order valence-corrected chi connectivity index (χ1v) is 11.1. The van der Waals surface area contributed by atoms with E-state index in [1.165, 1.54) is 12.8 Å². The Bertz CT molecular complexity index is 1230. The topological polar surface area (TPSA) is 76.6 Å². The van der Waals surface area contributed by atoms with Gasteiger partial charge in [0.15, 0.2) is 5.65 Å². The number of aryl methyl sites for hydroxylation is 1. The molecule has 164 valence electrons. The summed E-state index contributed by atoms with van der Waals surface area (Å²) < 4.78 is 19.0. The molecule has 32 heavy (non-hydrogen) atoms. The second-order valence-corrected chi connectivity index (χ2v) is 8.66. The van der Waals surface area contributed by atoms with Gasteiger partial charge in [0.2, 0.25) is 5.88 Å². The van der Waals surface area contributed by atoms with E-state index in [1.54, 1.807) is 18.3 Å². The molecule has 0 unspecified atom stereocenters. The van der Waals surface area contributed by atoms with Gasteiger partial charge in [0.05, 0.1) is 16.9 Å². The molecule has 4 aromatic heterocycles. The number of alkyl halides is 1. The Labute approximate surface area is 186 Å². The number of nitrogens with one attached hydrogen (secondary N) is 1. The molecular formula is C25H26FN5O. The first-order valence-electron chi connectivity index (χ1n) is 11.1. The second-order valence-electron chi connectivity index (χ2n) is 8.66. The fourth-order valence-corrected chi connectivity index (χ4v) is 4.22. The molecule has 7 heteroatoms. The minimum atomic E-state index is -0.606. The van der Waals surface area contributed by atoms with Crippen LogP contribution in [-0.2, 0) is 6.67 Å². The molecule has 1 saturated carbocycles. The third-order valence-electron chi connectivity index (χ3n) is 6.19. The summed E-state index contributed by atoms with van der Waals surface area (Å²) in [7, 11) is 0. The van der Waals surface area contributed by atoms with Gasteiger partial charge in [-0.05, 0) is 68.4 Å². The maximum absolute atomic E-state index is 12.9. The second kappa shape index (κ2) is 8.65. The van der Waals surface area contributed by atoms with Gasteiger partial charge < -0.3 is 9.72 Å². The van der Waals surface area contributed by atoms with Gasteiger partial charge in [-0.3, -0.25) is 4.98 Å². The molecule has 0 amide bonds. The zero-order valence-electron chi connectivity index (χ0n) is 18.3. The number of ether oxygens (including phenoxy) is 1. The lowest BCUT2D eigenvalue weighted by molar-refractivity contribution is 0.130. The van der Waals surface area contributed by atoms with Crippen LogP contribution in [-0.4, -0.2) is 31.0 Å². The van der Waals surface area contributed by atoms with Gasteiger partial charge >= 0.3 is 0 Å². The Morgan fingerprint density at radius 2 is 1.88 bits per heavy atom. The molecule has 0 bridgehead atoms. The van der Waals surface area contributed by atoms with Crippen LogP contribution >= 0.6 is 0 Å². The fourth-order valence-electron chi connectivity index (χ4n) is 4.22. The number of pyridine rings is 3. The monoisotopic (exact) mass is 431 g/mol. The molecule has 1 N–H and O–H groups in total. The molecule has 5 rings (SSSR count). The Morgan fingerprint density at radius 3 is 2.59 bits per heavy atom. The van der Waals surface area contributed by atoms with Crippen molar-refractivity contribution in [3.05, 3.63) is 54.0 Å². The molecule has 1 fully saturated rings. The van der Waals surface area contributed by atoms with Crippen molar-refractivity contribution >= 4 is 11.2 Å². The van der Waals surface area contributed by atoms with Crippen molar-refractivity contribution in [3.8, 4) is 28.5 Å². The first-order chi connectivity index (χ1) is 15.6. The maximum atomic E-state index is 12.9. The van der Waals surface area contributed by atoms with Gasteiger partial charge in [-0.1, -0.05) is 6.92 Å². The molecule has 0 aromatic carbocycles. The van der Waals surface area contributed by atoms with Crippen molar-refractivity contribution < 1.29 is 9.13 Å². The summed E-state index contributed by atoms with van der Waals surface area (Å²) in [5.41, 5.74) is 5.33. The summed E-state index contributed by atoms with van der Waals surface area (Å²) in [6, 6.07) is 9.40. The van der Waals surface area contributed by atoms with E-state index in [2.05, 4.69) is 31.8 Å². The van der Waals surface area contributed by atoms with Crippen LogP contribution in [0.25, 0.3) is 33.8 Å². The van der Waals surface area contributed by atoms with Gasteiger partial charge in [-0.15, -0.1) is 0 Å². The minimum absolute atomic E-state index is 0.267. The number of aromatic nitrogens is 5. The third kappa shape index (κ3) is 4.20. The number of hydrogen-bond donors (Lipinski definition) is 1. The number of rotatable bonds is 5. The third-order valence-corrected chi connectivity index (χ3v) is 6.19. The number of halogens is 1. The van der Waals surface area contributed by atoms with E-state index in [9.17, 15) is 4.39 Å². The summed E-state index contributed by atoms with van der Waals surface area (Å²) in [4.78, 5) is 21.1. The van der Waals surface area contributed by atoms with Gasteiger partial charge in [-0.25, -0.2) is 19.3 Å². The van der Waals surface area contributed by atoms with Crippen molar-refractivity contribution in [1.82, 2.24) is 24.9 Å². The van der Waals surface area contributed by atoms with Crippen molar-refractivity contribution in [1.29, 1.82) is 0 Å². The Kier molecular flexibility index (Phi) is 5.55. The van der Waals surface area contributed by atoms with Crippen LogP contribution in [0.3, 0.4) is 0 Å². The van der Waals surface area contributed by atoms with Crippen LogP contribution in [0.4, 0.5) is 4.39 Å². The lowest BCUT2D eigenvalue weighted by Crippen LogP contribution is -2.23. The highest BCUT2D eigenvalue weighted by molar-refractivity contribution is 5.77. The van der Waals surface area contributed by atoms with Gasteiger partial charge in [-0.2, -0.15) is 0 Å². The summed E-state index contributed by atoms with van der Waals surface area (Å²) >= 11 is 0. The van der Waals surface area contributed by atoms with Gasteiger partial charge in [0, 0.05) is 29.6 Å². The first kappa shape index (κ1) is 20.5. The number of imidazole rings is 1. The highest BCUT2D eigenvalue weighted by Gasteiger charge is 2.20. The predicted molar refractivity (Wildman–Crippen MR) is 122 cm³/mol. The fraction of sp³-hybridized carbons (Fsp3) is 0.360. The van der Waals surface area contributed by atoms with Crippen molar-refractivity contribution in [3.63, 3.8) is 0 Å². The van der Waals surface area contributed by atoms with Crippen LogP contribution in [0.2, 0.25) is 0 Å². The van der Waals surface area contributed by atoms with Crippen LogP contribution in [0.15, 0.2) is 42.7 Å². The molecule has 4 heterocycles. The summed E-state index contributed by atoms with van der Waals surface area (Å²) in [5, 5.41) is 0. The molecule has 4 aromatic rings. The molecule has 0 saturated heterocycles. The Balaban J connectivity index is 1.34. The lowest BCUT2D eigenvalue weighted by atomic mass is 9.89. The highest BCUT2D eigenvalue weighted by atomic mass is 19.1. The van der Waals surface area contributed by atoms with Crippen molar-refractivity contribution in [2.45, 2.75) is 52.3 Å². The Hall–Kier alpha value is -3.35. The minimum Gasteiger partial charge on any atom is -0.474 e. The maximum Gasteiger partial charge on any atom is 0.213 e. The van der Waals surface area contributed by atoms with Gasteiger partial charge in [0.25, 0.3) is 0 Å². The molecule has 0 radical (unpaired) electrons. The van der Waals surface area contributed by atoms with Crippen LogP contribution in [0.5, 0.6) is 5.88 Å². The number of aromatic amines is 1. The SMILES string of the molecule is Cc1cc(-c2ccc(O[C@H]3CC[C@@H](C)CC3)nc2)ncc1-c1nc2nc(CF)ccc2[nH]1. The average Bonchev–Trinajstić information content (AvgIpc) is 3.24. The van der Waals surface area contributed by atoms with Gasteiger partial charge in [0.1, 0.15) is 18.6 Å². The van der Waals surface area contributed by atoms with Crippen molar-refractivity contribution in [2.75, 3.05) is 0 Å². The standard InChI is InChI=1S/C25H26FN5O/c1-15-3-7-19(8-4-15)32-23-10-5-17(13-28-23)22-11-16(2)20(14-27-22)24-30-21-9-6-18(12-26)29-25(21)31-24/h5-6,9-11,13-15,19H,3-4,7-8,12H2,1-2H3,(H,29,30,31)/t15-,19+. The van der Waals surface area contributed by atoms with E-state index in [0.29, 0.717) is 23.0 Å². The van der Waals surface area contributed by atoms with E-state index in [-0.39, 0.29) is 6.10 Å². The molecule has 0 atom stereocenters. The summed E-state index contributed by atoms with van der Waals surface area (Å²) in [5.74, 6) is 2.14. The average molecular weight is 432 g/mol. The lowest BCUT2D eigenvalue weighted by Gasteiger charge is -2.26. The van der Waals surface area contributed by atoms with E-state index in [1.807, 2.05) is 31.3 Å². The van der Waals surface area contributed by atoms with Crippen LogP contribution in [0.1, 0.15) is 43.9 Å². The summed E-state index contributed by atoms with van der Waals surface area (Å²) in [6.07, 6.45) is 8.51. The quantitative estimate of drug-likeness (QED) is 0.431. The number of hydrogen-bond acceptors (Lipinski definition) is 5. The number of fused-ring (bicyclic) bond motifs is 1. The van der Waals surface area contributed by atoms with E-state index < -0.39 is 6.67 Å². The van der Waals surface area contributed by atoms with Crippen molar-refractivity contribution in [2.24, 2.45) is 5.92 Å². The molecular weight excluding hydrogens is 405 g/mol. The number of H-pyrrole nitrogens is 1. The molecule has 1 aliphatic carbocycles. The van der Waals surface area contributed by atoms with Crippen LogP contribution in [0, 0.1) is 12.8 Å².